The van der Waals surface area contributed by atoms with Crippen LogP contribution < -0.4 is 4.74 Å². The highest BCUT2D eigenvalue weighted by Crippen LogP contribution is 2.22. The van der Waals surface area contributed by atoms with Crippen LogP contribution in [0, 0.1) is 6.92 Å². The van der Waals surface area contributed by atoms with Gasteiger partial charge in [0.1, 0.15) is 10.8 Å². The lowest BCUT2D eigenvalue weighted by Gasteiger charge is -2.15. The number of thiazole rings is 1. The molecule has 0 aliphatic carbocycles. The summed E-state index contributed by atoms with van der Waals surface area (Å²) < 4.78 is 6.85. The van der Waals surface area contributed by atoms with E-state index in [1.54, 1.807) is 16.2 Å². The summed E-state index contributed by atoms with van der Waals surface area (Å²) in [6, 6.07) is 16.0. The molecule has 3 rings (SSSR count). The van der Waals surface area contributed by atoms with Crippen LogP contribution in [-0.4, -0.2) is 29.4 Å². The van der Waals surface area contributed by atoms with Crippen LogP contribution in [0.25, 0.3) is 10.2 Å². The summed E-state index contributed by atoms with van der Waals surface area (Å²) in [6.07, 6.45) is 1.18. The highest BCUT2D eigenvalue weighted by Gasteiger charge is 2.12. The SMILES string of the molecule is Cc1cccc(OCCCC(=O)N(C)Cc2nc3ccccc3s2)c1. The molecule has 5 heteroatoms. The fourth-order valence-corrected chi connectivity index (χ4v) is 3.61. The average molecular weight is 354 g/mol. The summed E-state index contributed by atoms with van der Waals surface area (Å²) in [5, 5.41) is 0.966. The Balaban J connectivity index is 1.44. The molecule has 0 aliphatic rings. The Morgan fingerprint density at radius 1 is 1.20 bits per heavy atom. The quantitative estimate of drug-likeness (QED) is 0.590. The number of hydrogen-bond acceptors (Lipinski definition) is 4. The molecule has 0 unspecified atom stereocenters. The average Bonchev–Trinajstić information content (AvgIpc) is 3.00. The number of benzene rings is 2. The van der Waals surface area contributed by atoms with E-state index in [0.29, 0.717) is 26.0 Å². The van der Waals surface area contributed by atoms with Crippen LogP contribution in [0.1, 0.15) is 23.4 Å². The van der Waals surface area contributed by atoms with Gasteiger partial charge in [0.15, 0.2) is 0 Å². The fraction of sp³-hybridized carbons (Fsp3) is 0.300. The highest BCUT2D eigenvalue weighted by molar-refractivity contribution is 7.18. The van der Waals surface area contributed by atoms with E-state index in [2.05, 4.69) is 11.1 Å². The minimum atomic E-state index is 0.118. The van der Waals surface area contributed by atoms with Crippen LogP contribution in [0.15, 0.2) is 48.5 Å². The van der Waals surface area contributed by atoms with Crippen LogP contribution >= 0.6 is 11.3 Å². The second-order valence-corrected chi connectivity index (χ2v) is 7.21. The standard InChI is InChI=1S/C20H22N2O2S/c1-15-7-5-8-16(13-15)24-12-6-11-20(23)22(2)14-19-21-17-9-3-4-10-18(17)25-19/h3-5,7-10,13H,6,11-12,14H2,1-2H3. The normalized spacial score (nSPS) is 10.8. The molecule has 0 aliphatic heterocycles. The van der Waals surface area contributed by atoms with E-state index in [-0.39, 0.29) is 5.91 Å². The first kappa shape index (κ1) is 17.4. The van der Waals surface area contributed by atoms with Crippen molar-refractivity contribution in [3.8, 4) is 5.75 Å². The minimum absolute atomic E-state index is 0.118. The molecule has 0 atom stereocenters. The maximum atomic E-state index is 12.3. The summed E-state index contributed by atoms with van der Waals surface area (Å²) in [6.45, 7) is 3.13. The molecule has 2 aromatic carbocycles. The predicted molar refractivity (Wildman–Crippen MR) is 102 cm³/mol. The first-order chi connectivity index (χ1) is 12.1. The van der Waals surface area contributed by atoms with Crippen molar-refractivity contribution in [1.82, 2.24) is 9.88 Å². The molecule has 1 aromatic heterocycles. The van der Waals surface area contributed by atoms with Crippen LogP contribution in [0.5, 0.6) is 5.75 Å². The maximum absolute atomic E-state index is 12.3. The number of aryl methyl sites for hydroxylation is 1. The molecule has 130 valence electrons. The van der Waals surface area contributed by atoms with Crippen LogP contribution in [0.3, 0.4) is 0 Å². The summed E-state index contributed by atoms with van der Waals surface area (Å²) in [5.41, 5.74) is 2.17. The van der Waals surface area contributed by atoms with Gasteiger partial charge >= 0.3 is 0 Å². The molecule has 0 fully saturated rings. The monoisotopic (exact) mass is 354 g/mol. The van der Waals surface area contributed by atoms with Crippen molar-refractivity contribution >= 4 is 27.5 Å². The van der Waals surface area contributed by atoms with E-state index < -0.39 is 0 Å². The van der Waals surface area contributed by atoms with Crippen LogP contribution in [0.2, 0.25) is 0 Å². The van der Waals surface area contributed by atoms with Crippen molar-refractivity contribution in [3.63, 3.8) is 0 Å². The number of ether oxygens (including phenoxy) is 1. The number of hydrogen-bond donors (Lipinski definition) is 0. The Labute approximate surface area is 152 Å². The highest BCUT2D eigenvalue weighted by atomic mass is 32.1. The van der Waals surface area contributed by atoms with Gasteiger partial charge in [-0.3, -0.25) is 4.79 Å². The van der Waals surface area contributed by atoms with Gasteiger partial charge in [-0.1, -0.05) is 24.3 Å². The third kappa shape index (κ3) is 4.79. The van der Waals surface area contributed by atoms with Gasteiger partial charge in [-0.05, 0) is 43.2 Å². The van der Waals surface area contributed by atoms with E-state index in [1.165, 1.54) is 5.56 Å². The number of nitrogens with zero attached hydrogens (tertiary/aromatic N) is 2. The number of para-hydroxylation sites is 1. The molecule has 0 saturated carbocycles. The van der Waals surface area contributed by atoms with Crippen molar-refractivity contribution in [2.45, 2.75) is 26.3 Å². The summed E-state index contributed by atoms with van der Waals surface area (Å²) in [5.74, 6) is 0.974. The second kappa shape index (κ2) is 8.12. The van der Waals surface area contributed by atoms with Gasteiger partial charge in [0, 0.05) is 13.5 Å². The molecule has 25 heavy (non-hydrogen) atoms. The summed E-state index contributed by atoms with van der Waals surface area (Å²) in [4.78, 5) is 18.6. The Kier molecular flexibility index (Phi) is 5.66. The van der Waals surface area contributed by atoms with E-state index in [4.69, 9.17) is 4.74 Å². The molecular formula is C20H22N2O2S. The fourth-order valence-electron chi connectivity index (χ4n) is 2.59. The van der Waals surface area contributed by atoms with Crippen molar-refractivity contribution in [1.29, 1.82) is 0 Å². The smallest absolute Gasteiger partial charge is 0.222 e. The lowest BCUT2D eigenvalue weighted by atomic mass is 10.2. The van der Waals surface area contributed by atoms with E-state index in [9.17, 15) is 4.79 Å². The zero-order valence-electron chi connectivity index (χ0n) is 14.6. The zero-order chi connectivity index (χ0) is 17.6. The molecule has 0 spiro atoms. The van der Waals surface area contributed by atoms with Crippen molar-refractivity contribution < 1.29 is 9.53 Å². The van der Waals surface area contributed by atoms with E-state index >= 15 is 0 Å². The maximum Gasteiger partial charge on any atom is 0.222 e. The second-order valence-electron chi connectivity index (χ2n) is 6.09. The zero-order valence-corrected chi connectivity index (χ0v) is 15.4. The summed E-state index contributed by atoms with van der Waals surface area (Å²) >= 11 is 1.64. The molecule has 0 saturated heterocycles. The van der Waals surface area contributed by atoms with E-state index in [0.717, 1.165) is 21.0 Å². The van der Waals surface area contributed by atoms with Crippen LogP contribution in [0.4, 0.5) is 0 Å². The molecule has 0 N–H and O–H groups in total. The molecule has 1 heterocycles. The number of carbonyl (C=O) groups excluding carboxylic acids is 1. The van der Waals surface area contributed by atoms with Gasteiger partial charge in [-0.15, -0.1) is 11.3 Å². The topological polar surface area (TPSA) is 42.4 Å². The van der Waals surface area contributed by atoms with Gasteiger partial charge in [-0.25, -0.2) is 4.98 Å². The third-order valence-corrected chi connectivity index (χ3v) is 4.95. The first-order valence-corrected chi connectivity index (χ1v) is 9.21. The Bertz CT molecular complexity index is 827. The minimum Gasteiger partial charge on any atom is -0.494 e. The van der Waals surface area contributed by atoms with Gasteiger partial charge in [-0.2, -0.15) is 0 Å². The number of aromatic nitrogens is 1. The first-order valence-electron chi connectivity index (χ1n) is 8.40. The van der Waals surface area contributed by atoms with Gasteiger partial charge < -0.3 is 9.64 Å². The largest absolute Gasteiger partial charge is 0.494 e. The number of fused-ring (bicyclic) bond motifs is 1. The molecular weight excluding hydrogens is 332 g/mol. The van der Waals surface area contributed by atoms with Crippen molar-refractivity contribution in [3.05, 3.63) is 59.1 Å². The Morgan fingerprint density at radius 3 is 2.84 bits per heavy atom. The molecule has 1 amide bonds. The molecule has 3 aromatic rings. The molecule has 4 nitrogen and oxygen atoms in total. The molecule has 0 radical (unpaired) electrons. The number of carbonyl (C=O) groups is 1. The number of amides is 1. The van der Waals surface area contributed by atoms with Gasteiger partial charge in [0.05, 0.1) is 23.4 Å². The van der Waals surface area contributed by atoms with Gasteiger partial charge in [0.25, 0.3) is 0 Å². The van der Waals surface area contributed by atoms with E-state index in [1.807, 2.05) is 56.4 Å². The lowest BCUT2D eigenvalue weighted by molar-refractivity contribution is -0.130. The Morgan fingerprint density at radius 2 is 2.04 bits per heavy atom. The molecule has 0 bridgehead atoms. The Hall–Kier alpha value is -2.40. The lowest BCUT2D eigenvalue weighted by Crippen LogP contribution is -2.26. The van der Waals surface area contributed by atoms with Crippen molar-refractivity contribution in [2.75, 3.05) is 13.7 Å². The van der Waals surface area contributed by atoms with Crippen molar-refractivity contribution in [2.24, 2.45) is 0 Å². The van der Waals surface area contributed by atoms with Gasteiger partial charge in [0.2, 0.25) is 5.91 Å². The van der Waals surface area contributed by atoms with Crippen LogP contribution in [-0.2, 0) is 11.3 Å². The summed E-state index contributed by atoms with van der Waals surface area (Å²) in [7, 11) is 1.83. The number of rotatable bonds is 7. The predicted octanol–water partition coefficient (Wildman–Crippen LogP) is 4.42. The third-order valence-electron chi connectivity index (χ3n) is 3.93.